The van der Waals surface area contributed by atoms with Crippen molar-refractivity contribution in [1.82, 2.24) is 9.97 Å². The van der Waals surface area contributed by atoms with E-state index >= 15 is 0 Å². The number of benzene rings is 6. The van der Waals surface area contributed by atoms with Crippen molar-refractivity contribution in [2.45, 2.75) is 0 Å². The minimum absolute atomic E-state index is 0.731. The van der Waals surface area contributed by atoms with Gasteiger partial charge < -0.3 is 0 Å². The van der Waals surface area contributed by atoms with Crippen LogP contribution in [0, 0.1) is 0 Å². The molecule has 0 fully saturated rings. The Morgan fingerprint density at radius 2 is 0.977 bits per heavy atom. The third kappa shape index (κ3) is 4.80. The van der Waals surface area contributed by atoms with E-state index < -0.39 is 0 Å². The molecule has 8 aromatic rings. The summed E-state index contributed by atoms with van der Waals surface area (Å²) in [6.07, 6.45) is 0. The van der Waals surface area contributed by atoms with Gasteiger partial charge in [0.2, 0.25) is 0 Å². The SMILES string of the molecule is c1ccc(-c2cccc(-c3cccc4c3sc3cc(-c5cc(-c6ccccc6)nc(-c6ccccc6)n5)ccc34)c2)cc1. The number of aromatic nitrogens is 2. The zero-order valence-corrected chi connectivity index (χ0v) is 24.1. The number of hydrogen-bond acceptors (Lipinski definition) is 3. The Morgan fingerprint density at radius 1 is 0.372 bits per heavy atom. The first-order valence-corrected chi connectivity index (χ1v) is 15.2. The van der Waals surface area contributed by atoms with Gasteiger partial charge in [-0.05, 0) is 40.5 Å². The second-order valence-electron chi connectivity index (χ2n) is 10.6. The van der Waals surface area contributed by atoms with Gasteiger partial charge in [-0.15, -0.1) is 11.3 Å². The molecule has 0 atom stereocenters. The topological polar surface area (TPSA) is 25.8 Å². The second kappa shape index (κ2) is 10.8. The Bertz CT molecular complexity index is 2160. The van der Waals surface area contributed by atoms with E-state index in [4.69, 9.17) is 9.97 Å². The number of hydrogen-bond donors (Lipinski definition) is 0. The van der Waals surface area contributed by atoms with Crippen molar-refractivity contribution in [2.24, 2.45) is 0 Å². The Kier molecular flexibility index (Phi) is 6.36. The molecule has 0 aliphatic rings. The molecule has 0 aliphatic heterocycles. The fourth-order valence-corrected chi connectivity index (χ4v) is 7.03. The molecule has 0 bridgehead atoms. The van der Waals surface area contributed by atoms with Crippen LogP contribution >= 0.6 is 11.3 Å². The van der Waals surface area contributed by atoms with E-state index in [0.29, 0.717) is 0 Å². The van der Waals surface area contributed by atoms with E-state index in [1.165, 1.54) is 42.4 Å². The summed E-state index contributed by atoms with van der Waals surface area (Å²) < 4.78 is 2.55. The molecule has 0 unspecified atom stereocenters. The maximum atomic E-state index is 5.06. The van der Waals surface area contributed by atoms with Crippen molar-refractivity contribution in [3.05, 3.63) is 158 Å². The lowest BCUT2D eigenvalue weighted by Crippen LogP contribution is -1.95. The smallest absolute Gasteiger partial charge is 0.160 e. The monoisotopic (exact) mass is 566 g/mol. The van der Waals surface area contributed by atoms with E-state index in [2.05, 4.69) is 133 Å². The normalized spacial score (nSPS) is 11.3. The molecule has 0 saturated carbocycles. The zero-order chi connectivity index (χ0) is 28.6. The summed E-state index contributed by atoms with van der Waals surface area (Å²) in [5, 5.41) is 2.55. The standard InChI is InChI=1S/C40H26N2S/c1-4-12-27(13-5-1)30-18-10-19-31(24-30)33-20-11-21-35-34-23-22-32(25-38(34)43-39(33)35)37-26-36(28-14-6-2-7-15-28)41-40(42-37)29-16-8-3-9-17-29/h1-26H. The molecular weight excluding hydrogens is 541 g/mol. The molecule has 0 radical (unpaired) electrons. The number of rotatable bonds is 5. The van der Waals surface area contributed by atoms with Crippen LogP contribution in [0.25, 0.3) is 76.3 Å². The minimum Gasteiger partial charge on any atom is -0.228 e. The molecule has 0 amide bonds. The summed E-state index contributed by atoms with van der Waals surface area (Å²) in [6, 6.07) is 55.5. The summed E-state index contributed by atoms with van der Waals surface area (Å²) in [6.45, 7) is 0. The van der Waals surface area contributed by atoms with Gasteiger partial charge in [-0.3, -0.25) is 0 Å². The highest BCUT2D eigenvalue weighted by atomic mass is 32.1. The largest absolute Gasteiger partial charge is 0.228 e. The summed E-state index contributed by atoms with van der Waals surface area (Å²) in [5.41, 5.74) is 9.96. The van der Waals surface area contributed by atoms with E-state index in [0.717, 1.165) is 33.9 Å². The summed E-state index contributed by atoms with van der Waals surface area (Å²) >= 11 is 1.85. The maximum Gasteiger partial charge on any atom is 0.160 e. The Morgan fingerprint density at radius 3 is 1.72 bits per heavy atom. The molecule has 6 aromatic carbocycles. The van der Waals surface area contributed by atoms with Crippen LogP contribution in [0.3, 0.4) is 0 Å². The minimum atomic E-state index is 0.731. The van der Waals surface area contributed by atoms with Gasteiger partial charge in [-0.2, -0.15) is 0 Å². The molecule has 0 N–H and O–H groups in total. The van der Waals surface area contributed by atoms with Crippen LogP contribution in [0.2, 0.25) is 0 Å². The third-order valence-electron chi connectivity index (χ3n) is 7.90. The Balaban J connectivity index is 1.26. The molecule has 8 rings (SSSR count). The maximum absolute atomic E-state index is 5.06. The van der Waals surface area contributed by atoms with Gasteiger partial charge >= 0.3 is 0 Å². The van der Waals surface area contributed by atoms with Crippen molar-refractivity contribution < 1.29 is 0 Å². The lowest BCUT2D eigenvalue weighted by Gasteiger charge is -2.09. The molecule has 2 heterocycles. The fraction of sp³-hybridized carbons (Fsp3) is 0. The van der Waals surface area contributed by atoms with E-state index in [1.54, 1.807) is 0 Å². The van der Waals surface area contributed by atoms with E-state index in [9.17, 15) is 0 Å². The molecule has 0 saturated heterocycles. The average Bonchev–Trinajstić information content (AvgIpc) is 3.47. The summed E-state index contributed by atoms with van der Waals surface area (Å²) in [4.78, 5) is 10.0. The van der Waals surface area contributed by atoms with Gasteiger partial charge in [-0.1, -0.05) is 140 Å². The Labute approximate surface area is 254 Å². The van der Waals surface area contributed by atoms with Crippen molar-refractivity contribution in [3.63, 3.8) is 0 Å². The van der Waals surface area contributed by atoms with Crippen LogP contribution in [0.1, 0.15) is 0 Å². The summed E-state index contributed by atoms with van der Waals surface area (Å²) in [7, 11) is 0. The quantitative estimate of drug-likeness (QED) is 0.207. The van der Waals surface area contributed by atoms with Gasteiger partial charge in [0.25, 0.3) is 0 Å². The van der Waals surface area contributed by atoms with Crippen LogP contribution in [0.15, 0.2) is 158 Å². The van der Waals surface area contributed by atoms with E-state index in [-0.39, 0.29) is 0 Å². The van der Waals surface area contributed by atoms with Crippen LogP contribution in [-0.2, 0) is 0 Å². The molecule has 3 heteroatoms. The van der Waals surface area contributed by atoms with Crippen LogP contribution in [0.5, 0.6) is 0 Å². The zero-order valence-electron chi connectivity index (χ0n) is 23.3. The highest BCUT2D eigenvalue weighted by Gasteiger charge is 2.14. The van der Waals surface area contributed by atoms with Crippen LogP contribution < -0.4 is 0 Å². The van der Waals surface area contributed by atoms with Gasteiger partial charge in [0.05, 0.1) is 11.4 Å². The predicted octanol–water partition coefficient (Wildman–Crippen LogP) is 11.2. The number of thiophene rings is 1. The lowest BCUT2D eigenvalue weighted by atomic mass is 9.98. The number of fused-ring (bicyclic) bond motifs is 3. The molecule has 0 aliphatic carbocycles. The summed E-state index contributed by atoms with van der Waals surface area (Å²) in [5.74, 6) is 0.731. The molecule has 0 spiro atoms. The van der Waals surface area contributed by atoms with Crippen molar-refractivity contribution in [3.8, 4) is 56.2 Å². The molecule has 2 aromatic heterocycles. The predicted molar refractivity (Wildman–Crippen MR) is 182 cm³/mol. The lowest BCUT2D eigenvalue weighted by molar-refractivity contribution is 1.18. The van der Waals surface area contributed by atoms with Crippen LogP contribution in [-0.4, -0.2) is 9.97 Å². The second-order valence-corrected chi connectivity index (χ2v) is 11.7. The van der Waals surface area contributed by atoms with Gasteiger partial charge in [-0.25, -0.2) is 9.97 Å². The molecule has 2 nitrogen and oxygen atoms in total. The molecule has 202 valence electrons. The van der Waals surface area contributed by atoms with Gasteiger partial charge in [0.1, 0.15) is 0 Å². The first kappa shape index (κ1) is 25.3. The first-order valence-electron chi connectivity index (χ1n) is 14.4. The van der Waals surface area contributed by atoms with Crippen molar-refractivity contribution in [1.29, 1.82) is 0 Å². The highest BCUT2D eigenvalue weighted by Crippen LogP contribution is 2.42. The van der Waals surface area contributed by atoms with Gasteiger partial charge in [0, 0.05) is 36.9 Å². The highest BCUT2D eigenvalue weighted by molar-refractivity contribution is 7.26. The Hall–Kier alpha value is -5.38. The molecule has 43 heavy (non-hydrogen) atoms. The number of nitrogens with zero attached hydrogens (tertiary/aromatic N) is 2. The van der Waals surface area contributed by atoms with Gasteiger partial charge in [0.15, 0.2) is 5.82 Å². The first-order chi connectivity index (χ1) is 21.3. The third-order valence-corrected chi connectivity index (χ3v) is 9.10. The van der Waals surface area contributed by atoms with E-state index in [1.807, 2.05) is 35.6 Å². The molecular formula is C40H26N2S. The average molecular weight is 567 g/mol. The fourth-order valence-electron chi connectivity index (χ4n) is 5.75. The van der Waals surface area contributed by atoms with Crippen molar-refractivity contribution in [2.75, 3.05) is 0 Å². The van der Waals surface area contributed by atoms with Crippen LogP contribution in [0.4, 0.5) is 0 Å². The van der Waals surface area contributed by atoms with Crippen molar-refractivity contribution >= 4 is 31.5 Å².